The highest BCUT2D eigenvalue weighted by molar-refractivity contribution is 14.0. The first-order valence-electron chi connectivity index (χ1n) is 8.70. The summed E-state index contributed by atoms with van der Waals surface area (Å²) in [6.07, 6.45) is 2.65. The molecule has 1 aliphatic rings. The molecule has 136 valence electrons. The van der Waals surface area contributed by atoms with E-state index >= 15 is 0 Å². The maximum absolute atomic E-state index is 5.90. The summed E-state index contributed by atoms with van der Waals surface area (Å²) in [5.74, 6) is 1.39. The van der Waals surface area contributed by atoms with Gasteiger partial charge in [0.1, 0.15) is 0 Å². The fourth-order valence-corrected chi connectivity index (χ4v) is 2.83. The molecule has 1 heterocycles. The molecule has 1 aromatic rings. The fraction of sp³-hybridized carbons (Fsp3) is 0.632. The average molecular weight is 444 g/mol. The number of nitrogens with one attached hydrogen (secondary N) is 1. The average Bonchev–Trinajstić information content (AvgIpc) is 2.47. The summed E-state index contributed by atoms with van der Waals surface area (Å²) in [6, 6.07) is 8.76. The summed E-state index contributed by atoms with van der Waals surface area (Å²) in [6.45, 7) is 12.7. The standard InChI is InChI=1S/C19H32N4.HI/c1-15-9-11-23(12-10-15)14-17-7-5-16(6-8-17)13-21-18(20)22-19(2,3)4;/h5-8,15H,9-14H2,1-4H3,(H3,20,21,22);1H. The van der Waals surface area contributed by atoms with Gasteiger partial charge in [0.25, 0.3) is 0 Å². The first-order valence-corrected chi connectivity index (χ1v) is 8.70. The van der Waals surface area contributed by atoms with Crippen molar-refractivity contribution in [1.29, 1.82) is 0 Å². The number of guanidine groups is 1. The van der Waals surface area contributed by atoms with Gasteiger partial charge in [-0.15, -0.1) is 24.0 Å². The summed E-state index contributed by atoms with van der Waals surface area (Å²) in [5, 5.41) is 3.18. The zero-order valence-corrected chi connectivity index (χ0v) is 17.8. The minimum absolute atomic E-state index is 0. The number of hydrogen-bond donors (Lipinski definition) is 2. The monoisotopic (exact) mass is 444 g/mol. The number of rotatable bonds is 4. The van der Waals surface area contributed by atoms with Crippen LogP contribution >= 0.6 is 24.0 Å². The van der Waals surface area contributed by atoms with Crippen LogP contribution < -0.4 is 11.1 Å². The maximum Gasteiger partial charge on any atom is 0.189 e. The molecular formula is C19H33IN4. The highest BCUT2D eigenvalue weighted by Crippen LogP contribution is 2.18. The van der Waals surface area contributed by atoms with Crippen LogP contribution in [0.15, 0.2) is 29.3 Å². The maximum atomic E-state index is 5.90. The molecule has 0 radical (unpaired) electrons. The summed E-state index contributed by atoms with van der Waals surface area (Å²) >= 11 is 0. The molecule has 1 aliphatic heterocycles. The van der Waals surface area contributed by atoms with Gasteiger partial charge in [-0.25, -0.2) is 4.99 Å². The Balaban J connectivity index is 0.00000288. The van der Waals surface area contributed by atoms with E-state index in [2.05, 4.69) is 67.2 Å². The van der Waals surface area contributed by atoms with E-state index in [1.165, 1.54) is 37.1 Å². The van der Waals surface area contributed by atoms with Crippen LogP contribution in [0, 0.1) is 5.92 Å². The molecule has 24 heavy (non-hydrogen) atoms. The van der Waals surface area contributed by atoms with Gasteiger partial charge in [-0.05, 0) is 63.7 Å². The Kier molecular flexibility index (Phi) is 8.50. The minimum atomic E-state index is -0.0522. The van der Waals surface area contributed by atoms with Crippen molar-refractivity contribution < 1.29 is 0 Å². The molecule has 1 aromatic carbocycles. The second kappa shape index (κ2) is 9.61. The van der Waals surface area contributed by atoms with E-state index in [1.807, 2.05) is 0 Å². The Bertz CT molecular complexity index is 511. The predicted octanol–water partition coefficient (Wildman–Crippen LogP) is 3.74. The molecule has 0 saturated carbocycles. The molecule has 1 saturated heterocycles. The number of benzene rings is 1. The van der Waals surface area contributed by atoms with E-state index in [9.17, 15) is 0 Å². The smallest absolute Gasteiger partial charge is 0.189 e. The number of hydrogen-bond acceptors (Lipinski definition) is 2. The van der Waals surface area contributed by atoms with Gasteiger partial charge in [-0.3, -0.25) is 4.90 Å². The van der Waals surface area contributed by atoms with Gasteiger partial charge in [0.15, 0.2) is 5.96 Å². The quantitative estimate of drug-likeness (QED) is 0.423. The largest absolute Gasteiger partial charge is 0.370 e. The SMILES string of the molecule is CC1CCN(Cc2ccc(CN=C(N)NC(C)(C)C)cc2)CC1.I. The van der Waals surface area contributed by atoms with E-state index in [0.717, 1.165) is 12.5 Å². The van der Waals surface area contributed by atoms with Crippen LogP contribution in [0.25, 0.3) is 0 Å². The minimum Gasteiger partial charge on any atom is -0.370 e. The van der Waals surface area contributed by atoms with Gasteiger partial charge in [-0.1, -0.05) is 31.2 Å². The third-order valence-electron chi connectivity index (χ3n) is 4.24. The summed E-state index contributed by atoms with van der Waals surface area (Å²) in [4.78, 5) is 6.96. The van der Waals surface area contributed by atoms with Gasteiger partial charge < -0.3 is 11.1 Å². The van der Waals surface area contributed by atoms with Gasteiger partial charge in [0, 0.05) is 12.1 Å². The molecule has 0 unspecified atom stereocenters. The number of likely N-dealkylation sites (tertiary alicyclic amines) is 1. The predicted molar refractivity (Wildman–Crippen MR) is 114 cm³/mol. The first kappa shape index (κ1) is 21.2. The van der Waals surface area contributed by atoms with Crippen LogP contribution in [-0.4, -0.2) is 29.5 Å². The molecule has 0 bridgehead atoms. The summed E-state index contributed by atoms with van der Waals surface area (Å²) < 4.78 is 0. The second-order valence-corrected chi connectivity index (χ2v) is 7.85. The number of piperidine rings is 1. The lowest BCUT2D eigenvalue weighted by atomic mass is 9.99. The number of halogens is 1. The van der Waals surface area contributed by atoms with Crippen molar-refractivity contribution in [2.75, 3.05) is 13.1 Å². The second-order valence-electron chi connectivity index (χ2n) is 7.85. The van der Waals surface area contributed by atoms with Crippen LogP contribution in [0.4, 0.5) is 0 Å². The Morgan fingerprint density at radius 2 is 1.71 bits per heavy atom. The summed E-state index contributed by atoms with van der Waals surface area (Å²) in [7, 11) is 0. The van der Waals surface area contributed by atoms with Crippen molar-refractivity contribution in [3.05, 3.63) is 35.4 Å². The highest BCUT2D eigenvalue weighted by Gasteiger charge is 2.15. The molecule has 1 fully saturated rings. The lowest BCUT2D eigenvalue weighted by Gasteiger charge is -2.30. The first-order chi connectivity index (χ1) is 10.8. The van der Waals surface area contributed by atoms with E-state index in [0.29, 0.717) is 12.5 Å². The molecule has 0 atom stereocenters. The molecule has 3 N–H and O–H groups in total. The third-order valence-corrected chi connectivity index (χ3v) is 4.24. The Morgan fingerprint density at radius 1 is 1.17 bits per heavy atom. The van der Waals surface area contributed by atoms with Crippen LogP contribution in [-0.2, 0) is 13.1 Å². The Morgan fingerprint density at radius 3 is 2.25 bits per heavy atom. The van der Waals surface area contributed by atoms with Crippen molar-refractivity contribution in [3.63, 3.8) is 0 Å². The van der Waals surface area contributed by atoms with Crippen LogP contribution in [0.5, 0.6) is 0 Å². The molecule has 0 aliphatic carbocycles. The van der Waals surface area contributed by atoms with Crippen molar-refractivity contribution in [1.82, 2.24) is 10.2 Å². The Hall–Kier alpha value is -0.820. The molecule has 0 amide bonds. The normalized spacial score (nSPS) is 17.4. The molecule has 0 aromatic heterocycles. The molecule has 5 heteroatoms. The van der Waals surface area contributed by atoms with E-state index in [4.69, 9.17) is 5.73 Å². The highest BCUT2D eigenvalue weighted by atomic mass is 127. The molecular weight excluding hydrogens is 411 g/mol. The molecule has 4 nitrogen and oxygen atoms in total. The van der Waals surface area contributed by atoms with Crippen molar-refractivity contribution in [2.45, 2.75) is 59.2 Å². The number of aliphatic imine (C=N–C) groups is 1. The van der Waals surface area contributed by atoms with Gasteiger partial charge in [0.2, 0.25) is 0 Å². The van der Waals surface area contributed by atoms with E-state index in [1.54, 1.807) is 0 Å². The van der Waals surface area contributed by atoms with Crippen molar-refractivity contribution >= 4 is 29.9 Å². The topological polar surface area (TPSA) is 53.6 Å². The third kappa shape index (κ3) is 7.83. The van der Waals surface area contributed by atoms with Crippen molar-refractivity contribution in [2.24, 2.45) is 16.6 Å². The van der Waals surface area contributed by atoms with Crippen LogP contribution in [0.1, 0.15) is 51.7 Å². The number of nitrogens with zero attached hydrogens (tertiary/aromatic N) is 2. The van der Waals surface area contributed by atoms with Gasteiger partial charge in [0.05, 0.1) is 6.54 Å². The van der Waals surface area contributed by atoms with Crippen molar-refractivity contribution in [3.8, 4) is 0 Å². The van der Waals surface area contributed by atoms with E-state index < -0.39 is 0 Å². The molecule has 2 rings (SSSR count). The van der Waals surface area contributed by atoms with Crippen LogP contribution in [0.3, 0.4) is 0 Å². The van der Waals surface area contributed by atoms with Crippen LogP contribution in [0.2, 0.25) is 0 Å². The summed E-state index contributed by atoms with van der Waals surface area (Å²) in [5.41, 5.74) is 8.43. The Labute approximate surface area is 164 Å². The number of nitrogens with two attached hydrogens (primary N) is 1. The van der Waals surface area contributed by atoms with Gasteiger partial charge >= 0.3 is 0 Å². The molecule has 0 spiro atoms. The zero-order valence-electron chi connectivity index (χ0n) is 15.5. The zero-order chi connectivity index (χ0) is 16.9. The fourth-order valence-electron chi connectivity index (χ4n) is 2.83. The lowest BCUT2D eigenvalue weighted by Crippen LogP contribution is -2.44. The van der Waals surface area contributed by atoms with E-state index in [-0.39, 0.29) is 29.5 Å². The van der Waals surface area contributed by atoms with Gasteiger partial charge in [-0.2, -0.15) is 0 Å². The lowest BCUT2D eigenvalue weighted by molar-refractivity contribution is 0.185.